The van der Waals surface area contributed by atoms with Crippen LogP contribution in [0, 0.1) is 13.8 Å². The van der Waals surface area contributed by atoms with Gasteiger partial charge in [0.05, 0.1) is 6.61 Å². The average molecular weight is 652 g/mol. The Bertz CT molecular complexity index is 1990. The van der Waals surface area contributed by atoms with E-state index in [1.54, 1.807) is 12.1 Å². The molecule has 0 aliphatic heterocycles. The standard InChI is InChI=1S/C42H37NO6/c1-6-41(45)48-38-19-13-32(26-34(38)21-22-44)30-9-15-35(16-10-30)43(37-24-28(4)23-29(5)25-37)36-17-11-31(12-18-36)33-14-20-39(49-42(46)7-2)40(27-33)47-8-3/h6-7,9-20,22-27H,1-2,8,21H2,3-5H3. The van der Waals surface area contributed by atoms with Crippen LogP contribution in [0.15, 0.2) is 128 Å². The number of carbonyl (C=O) groups is 3. The molecule has 0 bridgehead atoms. The minimum Gasteiger partial charge on any atom is -0.490 e. The molecule has 0 saturated carbocycles. The van der Waals surface area contributed by atoms with E-state index in [-0.39, 0.29) is 6.42 Å². The van der Waals surface area contributed by atoms with Crippen LogP contribution >= 0.6 is 0 Å². The third kappa shape index (κ3) is 8.21. The summed E-state index contributed by atoms with van der Waals surface area (Å²) >= 11 is 0. The van der Waals surface area contributed by atoms with Gasteiger partial charge in [0.25, 0.3) is 0 Å². The second kappa shape index (κ2) is 15.6. The van der Waals surface area contributed by atoms with Crippen molar-refractivity contribution >= 4 is 35.3 Å². The van der Waals surface area contributed by atoms with Crippen LogP contribution in [0.1, 0.15) is 23.6 Å². The van der Waals surface area contributed by atoms with E-state index in [0.29, 0.717) is 29.4 Å². The van der Waals surface area contributed by atoms with Crippen LogP contribution in [0.5, 0.6) is 17.2 Å². The normalized spacial score (nSPS) is 10.5. The highest BCUT2D eigenvalue weighted by molar-refractivity contribution is 5.85. The maximum atomic E-state index is 11.8. The predicted molar refractivity (Wildman–Crippen MR) is 194 cm³/mol. The fraction of sp³-hybridized carbons (Fsp3) is 0.119. The first kappa shape index (κ1) is 34.1. The summed E-state index contributed by atoms with van der Waals surface area (Å²) in [5, 5.41) is 0. The summed E-state index contributed by atoms with van der Waals surface area (Å²) in [6.45, 7) is 13.4. The van der Waals surface area contributed by atoms with Crippen molar-refractivity contribution in [2.24, 2.45) is 0 Å². The molecular formula is C42H37NO6. The van der Waals surface area contributed by atoms with Crippen LogP contribution in [0.3, 0.4) is 0 Å². The number of aryl methyl sites for hydroxylation is 2. The number of benzene rings is 5. The van der Waals surface area contributed by atoms with Crippen molar-refractivity contribution < 1.29 is 28.6 Å². The molecule has 0 radical (unpaired) electrons. The Morgan fingerprint density at radius 1 is 0.612 bits per heavy atom. The van der Waals surface area contributed by atoms with E-state index < -0.39 is 11.9 Å². The predicted octanol–water partition coefficient (Wildman–Crippen LogP) is 9.43. The third-order valence-electron chi connectivity index (χ3n) is 7.74. The van der Waals surface area contributed by atoms with Crippen molar-refractivity contribution in [3.05, 3.63) is 145 Å². The van der Waals surface area contributed by atoms with Crippen molar-refractivity contribution in [1.82, 2.24) is 0 Å². The zero-order valence-corrected chi connectivity index (χ0v) is 27.8. The van der Waals surface area contributed by atoms with Crippen LogP contribution in [0.4, 0.5) is 17.1 Å². The molecule has 246 valence electrons. The molecule has 0 spiro atoms. The van der Waals surface area contributed by atoms with E-state index in [2.05, 4.69) is 86.5 Å². The molecule has 5 aromatic rings. The van der Waals surface area contributed by atoms with Gasteiger partial charge in [0.15, 0.2) is 11.5 Å². The number of aldehydes is 1. The van der Waals surface area contributed by atoms with Gasteiger partial charge in [0.2, 0.25) is 0 Å². The largest absolute Gasteiger partial charge is 0.490 e. The SMILES string of the molecule is C=CC(=O)Oc1ccc(-c2ccc(N(c3ccc(-c4ccc(OC(=O)C=C)c(OCC)c4)cc3)c3cc(C)cc(C)c3)cc2)cc1CC=O. The number of nitrogens with zero attached hydrogens (tertiary/aromatic N) is 1. The highest BCUT2D eigenvalue weighted by atomic mass is 16.6. The summed E-state index contributed by atoms with van der Waals surface area (Å²) in [6, 6.07) is 33.8. The number of anilines is 3. The average Bonchev–Trinajstić information content (AvgIpc) is 3.10. The molecular weight excluding hydrogens is 614 g/mol. The molecule has 0 aliphatic carbocycles. The first-order valence-electron chi connectivity index (χ1n) is 15.8. The summed E-state index contributed by atoms with van der Waals surface area (Å²) in [5.41, 5.74) is 9.56. The Morgan fingerprint density at radius 3 is 1.61 bits per heavy atom. The van der Waals surface area contributed by atoms with Gasteiger partial charge in [0, 0.05) is 41.2 Å². The van der Waals surface area contributed by atoms with Crippen LogP contribution < -0.4 is 19.1 Å². The monoisotopic (exact) mass is 651 g/mol. The lowest BCUT2D eigenvalue weighted by atomic mass is 10.00. The van der Waals surface area contributed by atoms with Crippen LogP contribution in [-0.4, -0.2) is 24.8 Å². The number of carbonyl (C=O) groups excluding carboxylic acids is 3. The lowest BCUT2D eigenvalue weighted by Crippen LogP contribution is -2.10. The highest BCUT2D eigenvalue weighted by Crippen LogP contribution is 2.39. The Morgan fingerprint density at radius 2 is 1.10 bits per heavy atom. The maximum Gasteiger partial charge on any atom is 0.335 e. The molecule has 0 aliphatic rings. The summed E-state index contributed by atoms with van der Waals surface area (Å²) in [7, 11) is 0. The summed E-state index contributed by atoms with van der Waals surface area (Å²) in [4.78, 5) is 37.2. The Kier molecular flexibility index (Phi) is 10.9. The van der Waals surface area contributed by atoms with Crippen molar-refractivity contribution in [3.63, 3.8) is 0 Å². The highest BCUT2D eigenvalue weighted by Gasteiger charge is 2.16. The first-order chi connectivity index (χ1) is 23.7. The van der Waals surface area contributed by atoms with Crippen LogP contribution in [0.2, 0.25) is 0 Å². The van der Waals surface area contributed by atoms with Crippen molar-refractivity contribution in [2.75, 3.05) is 11.5 Å². The molecule has 0 saturated heterocycles. The van der Waals surface area contributed by atoms with E-state index in [9.17, 15) is 14.4 Å². The van der Waals surface area contributed by atoms with Crippen molar-refractivity contribution in [2.45, 2.75) is 27.2 Å². The lowest BCUT2D eigenvalue weighted by molar-refractivity contribution is -0.129. The molecule has 0 atom stereocenters. The first-order valence-corrected chi connectivity index (χ1v) is 15.8. The van der Waals surface area contributed by atoms with E-state index in [1.807, 2.05) is 43.3 Å². The van der Waals surface area contributed by atoms with Crippen LogP contribution in [-0.2, 0) is 20.8 Å². The van der Waals surface area contributed by atoms with Gasteiger partial charge in [-0.15, -0.1) is 0 Å². The maximum absolute atomic E-state index is 11.8. The fourth-order valence-corrected chi connectivity index (χ4v) is 5.58. The summed E-state index contributed by atoms with van der Waals surface area (Å²) in [6.07, 6.45) is 3.11. The third-order valence-corrected chi connectivity index (χ3v) is 7.74. The molecule has 0 amide bonds. The molecule has 5 aromatic carbocycles. The molecule has 7 heteroatoms. The van der Waals surface area contributed by atoms with Gasteiger partial charge in [-0.1, -0.05) is 55.6 Å². The van der Waals surface area contributed by atoms with Gasteiger partial charge >= 0.3 is 11.9 Å². The van der Waals surface area contributed by atoms with Crippen molar-refractivity contribution in [1.29, 1.82) is 0 Å². The van der Waals surface area contributed by atoms with Gasteiger partial charge in [-0.25, -0.2) is 9.59 Å². The van der Waals surface area contributed by atoms with Gasteiger partial charge in [-0.3, -0.25) is 0 Å². The Labute approximate surface area is 286 Å². The molecule has 0 heterocycles. The van der Waals surface area contributed by atoms with E-state index >= 15 is 0 Å². The molecule has 0 unspecified atom stereocenters. The van der Waals surface area contributed by atoms with E-state index in [4.69, 9.17) is 14.2 Å². The van der Waals surface area contributed by atoms with Gasteiger partial charge in [0.1, 0.15) is 12.0 Å². The second-order valence-electron chi connectivity index (χ2n) is 11.3. The Balaban J connectivity index is 1.50. The minimum absolute atomic E-state index is 0.113. The quantitative estimate of drug-likeness (QED) is 0.0543. The molecule has 0 aromatic heterocycles. The van der Waals surface area contributed by atoms with Gasteiger partial charge in [-0.2, -0.15) is 0 Å². The number of rotatable bonds is 13. The van der Waals surface area contributed by atoms with Gasteiger partial charge < -0.3 is 23.9 Å². The molecule has 7 nitrogen and oxygen atoms in total. The van der Waals surface area contributed by atoms with Gasteiger partial charge in [-0.05, 0) is 115 Å². The number of hydrogen-bond acceptors (Lipinski definition) is 7. The molecule has 0 fully saturated rings. The summed E-state index contributed by atoms with van der Waals surface area (Å²) < 4.78 is 16.5. The zero-order valence-electron chi connectivity index (χ0n) is 27.8. The number of hydrogen-bond donors (Lipinski definition) is 0. The summed E-state index contributed by atoms with van der Waals surface area (Å²) in [5.74, 6) is 0.0154. The lowest BCUT2D eigenvalue weighted by Gasteiger charge is -2.27. The topological polar surface area (TPSA) is 82.1 Å². The molecule has 5 rings (SSSR count). The fourth-order valence-electron chi connectivity index (χ4n) is 5.58. The van der Waals surface area contributed by atoms with Crippen molar-refractivity contribution in [3.8, 4) is 39.5 Å². The zero-order chi connectivity index (χ0) is 34.9. The number of esters is 2. The minimum atomic E-state index is -0.580. The number of ether oxygens (including phenoxy) is 3. The van der Waals surface area contributed by atoms with E-state index in [1.165, 1.54) is 0 Å². The molecule has 0 N–H and O–H groups in total. The molecule has 49 heavy (non-hydrogen) atoms. The van der Waals surface area contributed by atoms with Crippen LogP contribution in [0.25, 0.3) is 22.3 Å². The smallest absolute Gasteiger partial charge is 0.335 e. The van der Waals surface area contributed by atoms with E-state index in [0.717, 1.165) is 68.9 Å². The second-order valence-corrected chi connectivity index (χ2v) is 11.3. The Hall–Kier alpha value is -6.21.